The highest BCUT2D eigenvalue weighted by molar-refractivity contribution is 6.39. The minimum absolute atomic E-state index is 0.0663. The summed E-state index contributed by atoms with van der Waals surface area (Å²) in [5.74, 6) is -3.97. The second-order valence-electron chi connectivity index (χ2n) is 7.75. The smallest absolute Gasteiger partial charge is 0.249 e. The molecule has 0 bridgehead atoms. The van der Waals surface area contributed by atoms with Gasteiger partial charge in [0, 0.05) is 43.6 Å². The number of fused-ring (bicyclic) bond motifs is 3. The number of hydrogen-bond donors (Lipinski definition) is 1. The number of primary amides is 1. The molecule has 0 saturated carbocycles. The summed E-state index contributed by atoms with van der Waals surface area (Å²) in [4.78, 5) is 12.2. The number of rotatable bonds is 4. The summed E-state index contributed by atoms with van der Waals surface area (Å²) < 4.78 is 43.6. The van der Waals surface area contributed by atoms with Crippen molar-refractivity contribution in [2.24, 2.45) is 5.73 Å². The van der Waals surface area contributed by atoms with E-state index in [1.54, 1.807) is 53.1 Å². The molecule has 0 atom stereocenters. The number of carbonyl (C=O) groups is 1. The molecule has 1 aromatic heterocycles. The second-order valence-corrected chi connectivity index (χ2v) is 8.57. The molecule has 3 nitrogen and oxygen atoms in total. The van der Waals surface area contributed by atoms with Crippen LogP contribution < -0.4 is 5.73 Å². The monoisotopic (exact) mass is 497 g/mol. The van der Waals surface area contributed by atoms with E-state index >= 15 is 0 Å². The molecule has 8 heteroatoms. The van der Waals surface area contributed by atoms with Crippen LogP contribution in [0.15, 0.2) is 60.7 Å². The molecule has 0 aliphatic carbocycles. The van der Waals surface area contributed by atoms with Gasteiger partial charge in [-0.1, -0.05) is 35.3 Å². The molecule has 0 fully saturated rings. The van der Waals surface area contributed by atoms with Crippen molar-refractivity contribution in [1.82, 2.24) is 4.57 Å². The van der Waals surface area contributed by atoms with Crippen molar-refractivity contribution < 1.29 is 18.0 Å². The van der Waals surface area contributed by atoms with E-state index in [0.29, 0.717) is 49.0 Å². The third kappa shape index (κ3) is 3.59. The van der Waals surface area contributed by atoms with Gasteiger partial charge in [0.15, 0.2) is 11.6 Å². The van der Waals surface area contributed by atoms with Crippen molar-refractivity contribution in [2.45, 2.75) is 6.54 Å². The van der Waals surface area contributed by atoms with E-state index in [1.165, 1.54) is 0 Å². The maximum atomic E-state index is 14.5. The van der Waals surface area contributed by atoms with Crippen LogP contribution in [0, 0.1) is 23.5 Å². The summed E-state index contributed by atoms with van der Waals surface area (Å²) in [5.41, 5.74) is 8.12. The van der Waals surface area contributed by atoms with Crippen LogP contribution in [0.2, 0.25) is 10.0 Å². The lowest BCUT2D eigenvalue weighted by molar-refractivity contribution is 0.100. The number of nitrogens with two attached hydrogens (primary N) is 1. The van der Waals surface area contributed by atoms with Gasteiger partial charge in [0.05, 0.1) is 17.6 Å². The van der Waals surface area contributed by atoms with Crippen LogP contribution in [0.25, 0.3) is 32.9 Å². The lowest BCUT2D eigenvalue weighted by Gasteiger charge is -2.11. The molecule has 5 aromatic rings. The quantitative estimate of drug-likeness (QED) is 0.263. The highest BCUT2D eigenvalue weighted by Gasteiger charge is 2.20. The Morgan fingerprint density at radius 1 is 0.912 bits per heavy atom. The van der Waals surface area contributed by atoms with E-state index in [4.69, 9.17) is 28.9 Å². The largest absolute Gasteiger partial charge is 0.366 e. The Labute approximate surface area is 202 Å². The number of halogens is 5. The van der Waals surface area contributed by atoms with Crippen LogP contribution in [0.5, 0.6) is 0 Å². The zero-order valence-corrected chi connectivity index (χ0v) is 18.8. The number of aromatic nitrogens is 1. The summed E-state index contributed by atoms with van der Waals surface area (Å²) in [6.45, 7) is -0.140. The first kappa shape index (κ1) is 22.3. The molecule has 4 aromatic carbocycles. The van der Waals surface area contributed by atoms with Crippen molar-refractivity contribution >= 4 is 50.9 Å². The van der Waals surface area contributed by atoms with Crippen LogP contribution in [0.3, 0.4) is 0 Å². The maximum Gasteiger partial charge on any atom is 0.249 e. The van der Waals surface area contributed by atoms with Crippen molar-refractivity contribution in [1.29, 1.82) is 0 Å². The first-order chi connectivity index (χ1) is 16.3. The molecular formula is C26H14Cl2F3N2O. The van der Waals surface area contributed by atoms with Crippen molar-refractivity contribution in [3.63, 3.8) is 0 Å². The number of benzene rings is 4. The van der Waals surface area contributed by atoms with E-state index < -0.39 is 23.4 Å². The van der Waals surface area contributed by atoms with Crippen LogP contribution in [-0.2, 0) is 6.54 Å². The minimum atomic E-state index is -1.27. The fraction of sp³-hybridized carbons (Fsp3) is 0.0385. The standard InChI is InChI=1S/C26H14Cl2F3N2O/c27-17-4-2-5-18(28)24(17)13-7-8-15-23(10-13)33(12-14-9-20(30)21(31)11-19(14)29)22-6-1-3-16(25(15)22)26(32)34/h1-7,9-11H,12H2,(H2,32,34). The van der Waals surface area contributed by atoms with Gasteiger partial charge in [-0.15, -0.1) is 0 Å². The lowest BCUT2D eigenvalue weighted by atomic mass is 10.0. The summed E-state index contributed by atoms with van der Waals surface area (Å²) in [7, 11) is 0. The average Bonchev–Trinajstić information content (AvgIpc) is 3.10. The molecule has 0 aliphatic rings. The van der Waals surface area contributed by atoms with Crippen LogP contribution in [0.1, 0.15) is 15.9 Å². The van der Waals surface area contributed by atoms with E-state index in [1.807, 2.05) is 0 Å². The molecule has 0 aliphatic heterocycles. The van der Waals surface area contributed by atoms with E-state index in [0.717, 1.165) is 6.07 Å². The van der Waals surface area contributed by atoms with Gasteiger partial charge >= 0.3 is 0 Å². The first-order valence-electron chi connectivity index (χ1n) is 10.1. The maximum absolute atomic E-state index is 14.5. The number of carbonyl (C=O) groups excluding carboxylic acids is 1. The number of hydrogen-bond acceptors (Lipinski definition) is 1. The predicted octanol–water partition coefficient (Wildman–Crippen LogP) is 7.13. The Morgan fingerprint density at radius 2 is 1.59 bits per heavy atom. The minimum Gasteiger partial charge on any atom is -0.366 e. The molecule has 1 amide bonds. The topological polar surface area (TPSA) is 48.0 Å². The van der Waals surface area contributed by atoms with E-state index in [-0.39, 0.29) is 17.7 Å². The van der Waals surface area contributed by atoms with E-state index in [9.17, 15) is 18.0 Å². The van der Waals surface area contributed by atoms with Gasteiger partial charge in [0.2, 0.25) is 5.91 Å². The van der Waals surface area contributed by atoms with Crippen LogP contribution in [-0.4, -0.2) is 10.5 Å². The molecule has 0 spiro atoms. The van der Waals surface area contributed by atoms with Crippen molar-refractivity contribution in [2.75, 3.05) is 0 Å². The Balaban J connectivity index is 1.84. The molecule has 1 heterocycles. The molecule has 2 N–H and O–H groups in total. The Bertz CT molecular complexity index is 1610. The van der Waals surface area contributed by atoms with Gasteiger partial charge < -0.3 is 10.3 Å². The van der Waals surface area contributed by atoms with Crippen LogP contribution >= 0.6 is 23.2 Å². The SMILES string of the molecule is NC(=O)c1cccc2c1c1[c]cc(-c3c(Cl)cccc3Cl)cc1n2Cc1cc(F)c(F)cc1F. The Kier molecular flexibility index (Phi) is 5.50. The highest BCUT2D eigenvalue weighted by atomic mass is 35.5. The molecule has 0 saturated heterocycles. The Morgan fingerprint density at radius 3 is 2.29 bits per heavy atom. The first-order valence-corrected chi connectivity index (χ1v) is 10.9. The fourth-order valence-electron chi connectivity index (χ4n) is 4.20. The summed E-state index contributed by atoms with van der Waals surface area (Å²) >= 11 is 12.8. The third-order valence-corrected chi connectivity index (χ3v) is 6.36. The van der Waals surface area contributed by atoms with Crippen molar-refractivity contribution in [3.05, 3.63) is 105 Å². The lowest BCUT2D eigenvalue weighted by Crippen LogP contribution is -2.11. The van der Waals surface area contributed by atoms with Gasteiger partial charge in [0.25, 0.3) is 0 Å². The molecule has 34 heavy (non-hydrogen) atoms. The molecule has 1 radical (unpaired) electrons. The Hall–Kier alpha value is -3.48. The average molecular weight is 498 g/mol. The van der Waals surface area contributed by atoms with Crippen LogP contribution in [0.4, 0.5) is 13.2 Å². The van der Waals surface area contributed by atoms with E-state index in [2.05, 4.69) is 6.07 Å². The second kappa shape index (κ2) is 8.38. The summed E-state index contributed by atoms with van der Waals surface area (Å²) in [6, 6.07) is 18.1. The van der Waals surface area contributed by atoms with Gasteiger partial charge in [-0.05, 0) is 54.1 Å². The zero-order chi connectivity index (χ0) is 24.1. The van der Waals surface area contributed by atoms with Gasteiger partial charge in [0.1, 0.15) is 5.82 Å². The molecule has 169 valence electrons. The third-order valence-electron chi connectivity index (χ3n) is 5.73. The number of nitrogens with zero attached hydrogens (tertiary/aromatic N) is 1. The normalized spacial score (nSPS) is 11.4. The molecule has 0 unspecified atom stereocenters. The highest BCUT2D eigenvalue weighted by Crippen LogP contribution is 2.39. The molecular weight excluding hydrogens is 484 g/mol. The zero-order valence-electron chi connectivity index (χ0n) is 17.3. The molecule has 5 rings (SSSR count). The number of amides is 1. The fourth-order valence-corrected chi connectivity index (χ4v) is 4.82. The predicted molar refractivity (Wildman–Crippen MR) is 128 cm³/mol. The summed E-state index contributed by atoms with van der Waals surface area (Å²) in [6.07, 6.45) is 0. The van der Waals surface area contributed by atoms with Crippen molar-refractivity contribution in [3.8, 4) is 11.1 Å². The summed E-state index contributed by atoms with van der Waals surface area (Å²) in [5, 5.41) is 1.92. The van der Waals surface area contributed by atoms with Gasteiger partial charge in [-0.3, -0.25) is 4.79 Å². The van der Waals surface area contributed by atoms with Gasteiger partial charge in [-0.25, -0.2) is 13.2 Å². The van der Waals surface area contributed by atoms with Gasteiger partial charge in [-0.2, -0.15) is 0 Å².